The Hall–Kier alpha value is -0.680. The van der Waals surface area contributed by atoms with Gasteiger partial charge in [-0.3, -0.25) is 9.69 Å². The molecule has 1 aliphatic rings. The Bertz CT molecular complexity index is 275. The minimum Gasteiger partial charge on any atom is -0.393 e. The van der Waals surface area contributed by atoms with Crippen LogP contribution in [0.4, 0.5) is 0 Å². The average Bonchev–Trinajstić information content (AvgIpc) is 2.29. The zero-order valence-corrected chi connectivity index (χ0v) is 11.6. The van der Waals surface area contributed by atoms with Crippen molar-refractivity contribution in [3.63, 3.8) is 0 Å². The third-order valence-electron chi connectivity index (χ3n) is 3.38. The molecule has 1 fully saturated rings. The van der Waals surface area contributed by atoms with Gasteiger partial charge >= 0.3 is 0 Å². The highest BCUT2D eigenvalue weighted by Crippen LogP contribution is 2.16. The summed E-state index contributed by atoms with van der Waals surface area (Å²) in [4.78, 5) is 14.5. The Kier molecular flexibility index (Phi) is 5.85. The van der Waals surface area contributed by atoms with E-state index in [-0.39, 0.29) is 11.9 Å². The summed E-state index contributed by atoms with van der Waals surface area (Å²) in [5.74, 6) is 0.479. The second-order valence-electron chi connectivity index (χ2n) is 4.83. The number of piperidine rings is 1. The Labute approximate surface area is 109 Å². The van der Waals surface area contributed by atoms with Gasteiger partial charge in [0, 0.05) is 12.0 Å². The SMILES string of the molecule is CCC(C)NC(=O)CN1CCC(C(N)=S)CC1. The van der Waals surface area contributed by atoms with Gasteiger partial charge in [-0.2, -0.15) is 0 Å². The minimum absolute atomic E-state index is 0.119. The molecule has 1 amide bonds. The van der Waals surface area contributed by atoms with E-state index < -0.39 is 0 Å². The van der Waals surface area contributed by atoms with E-state index in [9.17, 15) is 4.79 Å². The van der Waals surface area contributed by atoms with Crippen molar-refractivity contribution in [3.05, 3.63) is 0 Å². The van der Waals surface area contributed by atoms with E-state index in [4.69, 9.17) is 18.0 Å². The minimum atomic E-state index is 0.119. The lowest BCUT2D eigenvalue weighted by Crippen LogP contribution is -2.45. The fraction of sp³-hybridized carbons (Fsp3) is 0.833. The summed E-state index contributed by atoms with van der Waals surface area (Å²) in [5.41, 5.74) is 5.63. The van der Waals surface area contributed by atoms with Crippen LogP contribution in [0.15, 0.2) is 0 Å². The van der Waals surface area contributed by atoms with E-state index in [0.29, 0.717) is 17.5 Å². The molecule has 0 radical (unpaired) electrons. The van der Waals surface area contributed by atoms with Gasteiger partial charge in [0.05, 0.1) is 11.5 Å². The van der Waals surface area contributed by atoms with Gasteiger partial charge in [0.1, 0.15) is 0 Å². The van der Waals surface area contributed by atoms with E-state index in [1.54, 1.807) is 0 Å². The summed E-state index contributed by atoms with van der Waals surface area (Å²) >= 11 is 4.99. The van der Waals surface area contributed by atoms with Gasteiger partial charge in [0.25, 0.3) is 0 Å². The molecule has 0 saturated carbocycles. The molecule has 0 aromatic carbocycles. The topological polar surface area (TPSA) is 58.4 Å². The lowest BCUT2D eigenvalue weighted by Gasteiger charge is -2.31. The molecule has 0 spiro atoms. The Balaban J connectivity index is 2.26. The van der Waals surface area contributed by atoms with Crippen molar-refractivity contribution < 1.29 is 4.79 Å². The predicted molar refractivity (Wildman–Crippen MR) is 73.8 cm³/mol. The fourth-order valence-corrected chi connectivity index (χ4v) is 2.24. The van der Waals surface area contributed by atoms with E-state index in [0.717, 1.165) is 32.4 Å². The number of rotatable bonds is 5. The number of hydrogen-bond donors (Lipinski definition) is 2. The van der Waals surface area contributed by atoms with Gasteiger partial charge in [-0.05, 0) is 39.3 Å². The van der Waals surface area contributed by atoms with Crippen LogP contribution >= 0.6 is 12.2 Å². The molecule has 3 N–H and O–H groups in total. The predicted octanol–water partition coefficient (Wildman–Crippen LogP) is 0.899. The first-order valence-electron chi connectivity index (χ1n) is 6.34. The molecule has 1 aliphatic heterocycles. The third kappa shape index (κ3) is 5.00. The maximum absolute atomic E-state index is 11.7. The number of likely N-dealkylation sites (tertiary alicyclic amines) is 1. The van der Waals surface area contributed by atoms with Crippen LogP contribution in [0, 0.1) is 5.92 Å². The molecule has 1 rings (SSSR count). The molecule has 98 valence electrons. The molecular weight excluding hydrogens is 234 g/mol. The van der Waals surface area contributed by atoms with Crippen molar-refractivity contribution in [1.82, 2.24) is 10.2 Å². The van der Waals surface area contributed by atoms with Crippen LogP contribution in [0.1, 0.15) is 33.1 Å². The average molecular weight is 257 g/mol. The molecular formula is C12H23N3OS. The molecule has 0 aliphatic carbocycles. The second kappa shape index (κ2) is 6.91. The van der Waals surface area contributed by atoms with E-state index >= 15 is 0 Å². The van der Waals surface area contributed by atoms with Gasteiger partial charge in [0.2, 0.25) is 5.91 Å². The van der Waals surface area contributed by atoms with Gasteiger partial charge in [0.15, 0.2) is 0 Å². The molecule has 0 aromatic rings. The molecule has 5 heteroatoms. The standard InChI is InChI=1S/C12H23N3OS/c1-3-9(2)14-11(16)8-15-6-4-10(5-7-15)12(13)17/h9-10H,3-8H2,1-2H3,(H2,13,17)(H,14,16). The van der Waals surface area contributed by atoms with Crippen molar-refractivity contribution in [2.45, 2.75) is 39.2 Å². The summed E-state index contributed by atoms with van der Waals surface area (Å²) < 4.78 is 0. The largest absolute Gasteiger partial charge is 0.393 e. The summed E-state index contributed by atoms with van der Waals surface area (Å²) in [7, 11) is 0. The molecule has 4 nitrogen and oxygen atoms in total. The molecule has 17 heavy (non-hydrogen) atoms. The first-order chi connectivity index (χ1) is 8.02. The van der Waals surface area contributed by atoms with Crippen LogP contribution in [0.5, 0.6) is 0 Å². The lowest BCUT2D eigenvalue weighted by atomic mass is 9.97. The van der Waals surface area contributed by atoms with Crippen LogP contribution in [-0.4, -0.2) is 41.5 Å². The number of nitrogens with two attached hydrogens (primary N) is 1. The molecule has 1 unspecified atom stereocenters. The molecule has 0 aromatic heterocycles. The van der Waals surface area contributed by atoms with E-state index in [1.807, 2.05) is 6.92 Å². The van der Waals surface area contributed by atoms with Crippen LogP contribution in [0.3, 0.4) is 0 Å². The number of carbonyl (C=O) groups is 1. The lowest BCUT2D eigenvalue weighted by molar-refractivity contribution is -0.123. The Morgan fingerprint density at radius 3 is 2.59 bits per heavy atom. The second-order valence-corrected chi connectivity index (χ2v) is 5.30. The number of hydrogen-bond acceptors (Lipinski definition) is 3. The first-order valence-corrected chi connectivity index (χ1v) is 6.74. The van der Waals surface area contributed by atoms with Gasteiger partial charge in [-0.1, -0.05) is 19.1 Å². The fourth-order valence-electron chi connectivity index (χ4n) is 2.00. The summed E-state index contributed by atoms with van der Waals surface area (Å²) in [5, 5.41) is 2.98. The maximum Gasteiger partial charge on any atom is 0.234 e. The molecule has 0 bridgehead atoms. The van der Waals surface area contributed by atoms with Crippen LogP contribution in [-0.2, 0) is 4.79 Å². The normalized spacial score (nSPS) is 19.9. The van der Waals surface area contributed by atoms with Gasteiger partial charge < -0.3 is 11.1 Å². The maximum atomic E-state index is 11.7. The Morgan fingerprint density at radius 2 is 2.12 bits per heavy atom. The third-order valence-corrected chi connectivity index (χ3v) is 3.71. The Morgan fingerprint density at radius 1 is 1.53 bits per heavy atom. The summed E-state index contributed by atoms with van der Waals surface area (Å²) in [6.45, 7) is 6.41. The number of carbonyl (C=O) groups excluding carboxylic acids is 1. The van der Waals surface area contributed by atoms with E-state index in [1.165, 1.54) is 0 Å². The number of amides is 1. The van der Waals surface area contributed by atoms with Gasteiger partial charge in [-0.25, -0.2) is 0 Å². The van der Waals surface area contributed by atoms with Crippen LogP contribution in [0.2, 0.25) is 0 Å². The first kappa shape index (κ1) is 14.4. The molecule has 1 saturated heterocycles. The van der Waals surface area contributed by atoms with Crippen LogP contribution in [0.25, 0.3) is 0 Å². The highest BCUT2D eigenvalue weighted by molar-refractivity contribution is 7.80. The van der Waals surface area contributed by atoms with Crippen LogP contribution < -0.4 is 11.1 Å². The van der Waals surface area contributed by atoms with Crippen molar-refractivity contribution in [2.75, 3.05) is 19.6 Å². The number of thiocarbonyl (C=S) groups is 1. The highest BCUT2D eigenvalue weighted by atomic mass is 32.1. The summed E-state index contributed by atoms with van der Waals surface area (Å²) in [6.07, 6.45) is 2.92. The number of nitrogens with zero attached hydrogens (tertiary/aromatic N) is 1. The monoisotopic (exact) mass is 257 g/mol. The van der Waals surface area contributed by atoms with Gasteiger partial charge in [-0.15, -0.1) is 0 Å². The molecule has 1 heterocycles. The molecule has 1 atom stereocenters. The zero-order valence-electron chi connectivity index (χ0n) is 10.7. The quantitative estimate of drug-likeness (QED) is 0.719. The number of nitrogens with one attached hydrogen (secondary N) is 1. The van der Waals surface area contributed by atoms with Crippen molar-refractivity contribution in [1.29, 1.82) is 0 Å². The van der Waals surface area contributed by atoms with Crippen molar-refractivity contribution in [3.8, 4) is 0 Å². The van der Waals surface area contributed by atoms with E-state index in [2.05, 4.69) is 17.1 Å². The van der Waals surface area contributed by atoms with Crippen molar-refractivity contribution >= 4 is 23.1 Å². The van der Waals surface area contributed by atoms with Crippen molar-refractivity contribution in [2.24, 2.45) is 11.7 Å². The summed E-state index contributed by atoms with van der Waals surface area (Å²) in [6, 6.07) is 0.261. The highest BCUT2D eigenvalue weighted by Gasteiger charge is 2.22. The zero-order chi connectivity index (χ0) is 12.8. The smallest absolute Gasteiger partial charge is 0.234 e.